The van der Waals surface area contributed by atoms with Crippen molar-refractivity contribution in [2.24, 2.45) is 0 Å². The first-order valence-electron chi connectivity index (χ1n) is 14.9. The highest BCUT2D eigenvalue weighted by atomic mass is 15.2. The summed E-state index contributed by atoms with van der Waals surface area (Å²) < 4.78 is 0. The molecule has 194 valence electrons. The molecule has 0 saturated heterocycles. The Labute approximate surface area is 241 Å². The maximum Gasteiger partial charge on any atom is 0.247 e. The lowest BCUT2D eigenvalue weighted by Crippen LogP contribution is -2.57. The Bertz CT molecular complexity index is 1970. The number of fused-ring (bicyclic) bond motifs is 7. The van der Waals surface area contributed by atoms with E-state index in [1.807, 2.05) is 0 Å². The first-order chi connectivity index (χ1) is 20.4. The molecule has 0 amide bonds. The second-order valence-electron chi connectivity index (χ2n) is 11.5. The van der Waals surface area contributed by atoms with Crippen LogP contribution in [0.1, 0.15) is 30.4 Å². The zero-order valence-electron chi connectivity index (χ0n) is 22.9. The molecule has 0 radical (unpaired) electrons. The molecule has 4 aliphatic rings. The van der Waals surface area contributed by atoms with Crippen molar-refractivity contribution in [3.05, 3.63) is 150 Å². The zero-order valence-corrected chi connectivity index (χ0v) is 22.9. The van der Waals surface area contributed by atoms with E-state index < -0.39 is 0 Å². The lowest BCUT2D eigenvalue weighted by molar-refractivity contribution is 0.917. The third-order valence-corrected chi connectivity index (χ3v) is 9.39. The van der Waals surface area contributed by atoms with E-state index in [1.54, 1.807) is 5.47 Å². The molecule has 2 aliphatic heterocycles. The maximum absolute atomic E-state index is 2.60. The smallest absolute Gasteiger partial charge is 0.247 e. The minimum atomic E-state index is 0.222. The van der Waals surface area contributed by atoms with Crippen LogP contribution in [0.15, 0.2) is 139 Å². The van der Waals surface area contributed by atoms with Crippen molar-refractivity contribution in [1.29, 1.82) is 0 Å². The van der Waals surface area contributed by atoms with Crippen LogP contribution in [-0.4, -0.2) is 6.71 Å². The van der Waals surface area contributed by atoms with Crippen LogP contribution >= 0.6 is 0 Å². The quantitative estimate of drug-likeness (QED) is 0.215. The molecule has 0 atom stereocenters. The van der Waals surface area contributed by atoms with Crippen LogP contribution in [0.4, 0.5) is 22.7 Å². The number of benzene rings is 5. The Hall–Kier alpha value is -4.76. The van der Waals surface area contributed by atoms with Crippen molar-refractivity contribution in [3.63, 3.8) is 0 Å². The van der Waals surface area contributed by atoms with Gasteiger partial charge in [-0.3, -0.25) is 0 Å². The van der Waals surface area contributed by atoms with Crippen LogP contribution in [0.2, 0.25) is 0 Å². The molecular formula is C38H29BN2. The Morgan fingerprint density at radius 1 is 0.659 bits per heavy atom. The highest BCUT2D eigenvalue weighted by molar-refractivity contribution is 6.96. The van der Waals surface area contributed by atoms with E-state index in [-0.39, 0.29) is 6.71 Å². The monoisotopic (exact) mass is 524 g/mol. The summed E-state index contributed by atoms with van der Waals surface area (Å²) in [6.07, 6.45) is 11.1. The number of anilines is 4. The van der Waals surface area contributed by atoms with Gasteiger partial charge in [-0.05, 0) is 77.9 Å². The standard InChI is InChI=1S/C38H29BN2/c1-3-15-28(16-4-1)40-34-22-12-11-21-32(34)39-33-24-23-26-13-7-9-19-30(26)37(33)41(29-17-5-2-6-18-29)38-31-20-10-8-14-27(31)25-35(40)36(38)39/h1-3,5-15,17-22,25H,4,16,23-24H2. The minimum Gasteiger partial charge on any atom is -0.315 e. The molecule has 3 heteroatoms. The summed E-state index contributed by atoms with van der Waals surface area (Å²) in [5.74, 6) is 0. The van der Waals surface area contributed by atoms with Crippen LogP contribution in [0, 0.1) is 0 Å². The second kappa shape index (κ2) is 8.87. The molecular weight excluding hydrogens is 495 g/mol. The normalized spacial score (nSPS) is 16.7. The van der Waals surface area contributed by atoms with E-state index in [0.29, 0.717) is 0 Å². The maximum atomic E-state index is 2.60. The number of hydrogen-bond donors (Lipinski definition) is 0. The summed E-state index contributed by atoms with van der Waals surface area (Å²) in [4.78, 5) is 5.18. The van der Waals surface area contributed by atoms with E-state index in [0.717, 1.165) is 25.7 Å². The van der Waals surface area contributed by atoms with Crippen molar-refractivity contribution >= 4 is 56.9 Å². The molecule has 0 spiro atoms. The summed E-state index contributed by atoms with van der Waals surface area (Å²) in [6, 6.07) is 40.7. The summed E-state index contributed by atoms with van der Waals surface area (Å²) >= 11 is 0. The Balaban J connectivity index is 1.46. The summed E-state index contributed by atoms with van der Waals surface area (Å²) in [7, 11) is 0. The fourth-order valence-electron chi connectivity index (χ4n) is 7.73. The van der Waals surface area contributed by atoms with Crippen molar-refractivity contribution in [1.82, 2.24) is 0 Å². The van der Waals surface area contributed by atoms with Gasteiger partial charge in [-0.15, -0.1) is 0 Å². The van der Waals surface area contributed by atoms with E-state index >= 15 is 0 Å². The van der Waals surface area contributed by atoms with Crippen LogP contribution in [0.3, 0.4) is 0 Å². The minimum absolute atomic E-state index is 0.222. The average molecular weight is 524 g/mol. The van der Waals surface area contributed by atoms with Gasteiger partial charge in [0.25, 0.3) is 0 Å². The fourth-order valence-corrected chi connectivity index (χ4v) is 7.73. The van der Waals surface area contributed by atoms with Gasteiger partial charge >= 0.3 is 0 Å². The lowest BCUT2D eigenvalue weighted by Gasteiger charge is -2.47. The van der Waals surface area contributed by atoms with Gasteiger partial charge < -0.3 is 9.80 Å². The average Bonchev–Trinajstić information content (AvgIpc) is 3.05. The lowest BCUT2D eigenvalue weighted by atomic mass is 9.31. The predicted octanol–water partition coefficient (Wildman–Crippen LogP) is 8.18. The van der Waals surface area contributed by atoms with Crippen molar-refractivity contribution in [3.8, 4) is 0 Å². The van der Waals surface area contributed by atoms with Gasteiger partial charge in [-0.2, -0.15) is 0 Å². The molecule has 0 saturated carbocycles. The second-order valence-corrected chi connectivity index (χ2v) is 11.5. The molecule has 0 N–H and O–H groups in total. The third-order valence-electron chi connectivity index (χ3n) is 9.39. The summed E-state index contributed by atoms with van der Waals surface area (Å²) in [5, 5.41) is 2.59. The number of rotatable bonds is 2. The fraction of sp³-hybridized carbons (Fsp3) is 0.105. The first-order valence-corrected chi connectivity index (χ1v) is 14.9. The Kier molecular flexibility index (Phi) is 4.98. The van der Waals surface area contributed by atoms with Gasteiger partial charge in [0, 0.05) is 39.4 Å². The molecule has 0 bridgehead atoms. The molecule has 5 aromatic rings. The number of para-hydroxylation sites is 2. The highest BCUT2D eigenvalue weighted by Crippen LogP contribution is 2.50. The Morgan fingerprint density at radius 2 is 1.46 bits per heavy atom. The number of aryl methyl sites for hydroxylation is 1. The molecule has 9 rings (SSSR count). The molecule has 0 aromatic heterocycles. The van der Waals surface area contributed by atoms with Crippen LogP contribution in [0.5, 0.6) is 0 Å². The molecule has 2 aliphatic carbocycles. The zero-order chi connectivity index (χ0) is 26.9. The highest BCUT2D eigenvalue weighted by Gasteiger charge is 2.46. The molecule has 0 fully saturated rings. The Morgan fingerprint density at radius 3 is 2.37 bits per heavy atom. The van der Waals surface area contributed by atoms with Crippen molar-refractivity contribution in [2.75, 3.05) is 9.80 Å². The predicted molar refractivity (Wildman–Crippen MR) is 174 cm³/mol. The molecule has 2 nitrogen and oxygen atoms in total. The number of allylic oxidation sites excluding steroid dienone is 5. The molecule has 2 heterocycles. The van der Waals surface area contributed by atoms with E-state index in [1.165, 1.54) is 67.0 Å². The van der Waals surface area contributed by atoms with E-state index in [9.17, 15) is 0 Å². The van der Waals surface area contributed by atoms with Crippen LogP contribution < -0.4 is 20.7 Å². The first kappa shape index (κ1) is 23.0. The SMILES string of the molecule is C1=CCCC(N2c3ccccc3B3C4=C(c5ccccc5CC4)N(c4ccccc4)c4c3c2cc2ccccc42)=C1. The van der Waals surface area contributed by atoms with Crippen LogP contribution in [-0.2, 0) is 6.42 Å². The van der Waals surface area contributed by atoms with Crippen molar-refractivity contribution < 1.29 is 0 Å². The summed E-state index contributed by atoms with van der Waals surface area (Å²) in [5.41, 5.74) is 15.2. The van der Waals surface area contributed by atoms with Gasteiger partial charge in [0.1, 0.15) is 0 Å². The molecule has 5 aromatic carbocycles. The van der Waals surface area contributed by atoms with Gasteiger partial charge in [0.2, 0.25) is 6.71 Å². The summed E-state index contributed by atoms with van der Waals surface area (Å²) in [6.45, 7) is 0.222. The number of nitrogens with zero attached hydrogens (tertiary/aromatic N) is 2. The molecule has 0 unspecified atom stereocenters. The van der Waals surface area contributed by atoms with E-state index in [2.05, 4.69) is 137 Å². The van der Waals surface area contributed by atoms with Crippen LogP contribution in [0.25, 0.3) is 16.5 Å². The van der Waals surface area contributed by atoms with Gasteiger partial charge in [-0.1, -0.05) is 103 Å². The van der Waals surface area contributed by atoms with Crippen molar-refractivity contribution in [2.45, 2.75) is 25.7 Å². The molecule has 41 heavy (non-hydrogen) atoms. The topological polar surface area (TPSA) is 6.48 Å². The van der Waals surface area contributed by atoms with Gasteiger partial charge in [0.05, 0.1) is 5.69 Å². The largest absolute Gasteiger partial charge is 0.315 e. The van der Waals surface area contributed by atoms with E-state index in [4.69, 9.17) is 0 Å². The van der Waals surface area contributed by atoms with Gasteiger partial charge in [0.15, 0.2) is 0 Å². The van der Waals surface area contributed by atoms with Gasteiger partial charge in [-0.25, -0.2) is 0 Å². The third kappa shape index (κ3) is 3.26. The number of hydrogen-bond acceptors (Lipinski definition) is 2.